The summed E-state index contributed by atoms with van der Waals surface area (Å²) >= 11 is 0. The summed E-state index contributed by atoms with van der Waals surface area (Å²) in [5, 5.41) is 9.92. The first-order valence-corrected chi connectivity index (χ1v) is 5.61. The van der Waals surface area contributed by atoms with Gasteiger partial charge in [-0.1, -0.05) is 18.2 Å². The molecule has 90 valence electrons. The third-order valence-corrected chi connectivity index (χ3v) is 2.92. The number of oxazole rings is 1. The number of aromatic hydroxyl groups is 1. The first kappa shape index (κ1) is 10.7. The van der Waals surface area contributed by atoms with Crippen LogP contribution in [0, 0.1) is 6.92 Å². The fourth-order valence-corrected chi connectivity index (χ4v) is 1.94. The van der Waals surface area contributed by atoms with Gasteiger partial charge in [-0.05, 0) is 30.7 Å². The molecule has 0 aliphatic carbocycles. The standard InChI is InChI=1S/C14H12N2O2/c1-8-4-2-7-11-12(8)16-14(18-11)9-5-3-6-10(15)13(9)17/h2-7,17H,15H2,1H3. The molecule has 3 aromatic rings. The summed E-state index contributed by atoms with van der Waals surface area (Å²) in [6, 6.07) is 10.8. The molecule has 18 heavy (non-hydrogen) atoms. The van der Waals surface area contributed by atoms with Crippen LogP contribution in [-0.2, 0) is 0 Å². The summed E-state index contributed by atoms with van der Waals surface area (Å²) in [6.45, 7) is 1.97. The van der Waals surface area contributed by atoms with E-state index in [0.29, 0.717) is 22.7 Å². The van der Waals surface area contributed by atoms with E-state index >= 15 is 0 Å². The summed E-state index contributed by atoms with van der Waals surface area (Å²) in [7, 11) is 0. The lowest BCUT2D eigenvalue weighted by Crippen LogP contribution is -1.87. The van der Waals surface area contributed by atoms with Crippen molar-refractivity contribution in [3.05, 3.63) is 42.0 Å². The van der Waals surface area contributed by atoms with Crippen LogP contribution in [0.5, 0.6) is 5.75 Å². The van der Waals surface area contributed by atoms with Crippen LogP contribution in [0.3, 0.4) is 0 Å². The van der Waals surface area contributed by atoms with Crippen LogP contribution in [0.15, 0.2) is 40.8 Å². The van der Waals surface area contributed by atoms with E-state index in [1.165, 1.54) is 0 Å². The van der Waals surface area contributed by atoms with Crippen molar-refractivity contribution < 1.29 is 9.52 Å². The SMILES string of the molecule is Cc1cccc2oc(-c3cccc(N)c3O)nc12. The van der Waals surface area contributed by atoms with Crippen LogP contribution in [0.2, 0.25) is 0 Å². The maximum atomic E-state index is 9.92. The van der Waals surface area contributed by atoms with Crippen molar-refractivity contribution in [3.8, 4) is 17.2 Å². The number of nitrogens with two attached hydrogens (primary N) is 1. The Bertz CT molecular complexity index is 732. The van der Waals surface area contributed by atoms with Crippen LogP contribution in [0.4, 0.5) is 5.69 Å². The Hall–Kier alpha value is -2.49. The molecule has 0 radical (unpaired) electrons. The maximum Gasteiger partial charge on any atom is 0.231 e. The van der Waals surface area contributed by atoms with Crippen molar-refractivity contribution in [2.45, 2.75) is 6.92 Å². The van der Waals surface area contributed by atoms with Crippen molar-refractivity contribution in [1.29, 1.82) is 0 Å². The molecular weight excluding hydrogens is 228 g/mol. The van der Waals surface area contributed by atoms with E-state index in [4.69, 9.17) is 10.2 Å². The number of hydrogen-bond donors (Lipinski definition) is 2. The zero-order valence-corrected chi connectivity index (χ0v) is 9.84. The molecule has 0 bridgehead atoms. The molecule has 0 aliphatic rings. The Morgan fingerprint density at radius 3 is 2.72 bits per heavy atom. The summed E-state index contributed by atoms with van der Waals surface area (Å²) in [5.74, 6) is 0.380. The van der Waals surface area contributed by atoms with Crippen LogP contribution >= 0.6 is 0 Å². The summed E-state index contributed by atoms with van der Waals surface area (Å²) in [6.07, 6.45) is 0. The lowest BCUT2D eigenvalue weighted by molar-refractivity contribution is 0.476. The van der Waals surface area contributed by atoms with E-state index in [0.717, 1.165) is 11.1 Å². The van der Waals surface area contributed by atoms with E-state index in [9.17, 15) is 5.11 Å². The predicted molar refractivity (Wildman–Crippen MR) is 70.3 cm³/mol. The number of nitrogen functional groups attached to an aromatic ring is 1. The Balaban J connectivity index is 2.26. The van der Waals surface area contributed by atoms with Gasteiger partial charge in [-0.2, -0.15) is 0 Å². The highest BCUT2D eigenvalue weighted by molar-refractivity contribution is 5.81. The lowest BCUT2D eigenvalue weighted by atomic mass is 10.1. The number of para-hydroxylation sites is 2. The van der Waals surface area contributed by atoms with Gasteiger partial charge in [-0.3, -0.25) is 0 Å². The summed E-state index contributed by atoms with van der Waals surface area (Å²) in [5.41, 5.74) is 9.01. The number of anilines is 1. The van der Waals surface area contributed by atoms with Crippen LogP contribution < -0.4 is 5.73 Å². The minimum Gasteiger partial charge on any atom is -0.505 e. The second kappa shape index (κ2) is 3.77. The van der Waals surface area contributed by atoms with Gasteiger partial charge in [-0.25, -0.2) is 4.98 Å². The first-order valence-electron chi connectivity index (χ1n) is 5.61. The molecule has 0 unspecified atom stereocenters. The number of phenolic OH excluding ortho intramolecular Hbond substituents is 1. The average molecular weight is 240 g/mol. The molecule has 3 N–H and O–H groups in total. The topological polar surface area (TPSA) is 72.3 Å². The molecule has 0 amide bonds. The van der Waals surface area contributed by atoms with Gasteiger partial charge in [0.05, 0.1) is 11.3 Å². The molecule has 0 spiro atoms. The number of aromatic nitrogens is 1. The van der Waals surface area contributed by atoms with Crippen molar-refractivity contribution in [1.82, 2.24) is 4.98 Å². The average Bonchev–Trinajstić information content (AvgIpc) is 2.78. The largest absolute Gasteiger partial charge is 0.505 e. The summed E-state index contributed by atoms with van der Waals surface area (Å²) < 4.78 is 5.64. The number of fused-ring (bicyclic) bond motifs is 1. The number of rotatable bonds is 1. The Morgan fingerprint density at radius 1 is 1.17 bits per heavy atom. The third kappa shape index (κ3) is 1.50. The van der Waals surface area contributed by atoms with Gasteiger partial charge >= 0.3 is 0 Å². The molecule has 3 rings (SSSR count). The zero-order valence-electron chi connectivity index (χ0n) is 9.84. The smallest absolute Gasteiger partial charge is 0.231 e. The molecule has 0 atom stereocenters. The highest BCUT2D eigenvalue weighted by atomic mass is 16.3. The molecule has 0 aliphatic heterocycles. The molecule has 4 heteroatoms. The number of phenols is 1. The number of hydrogen-bond acceptors (Lipinski definition) is 4. The Labute approximate surface area is 104 Å². The Morgan fingerprint density at radius 2 is 1.94 bits per heavy atom. The molecule has 1 aromatic heterocycles. The van der Waals surface area contributed by atoms with E-state index in [-0.39, 0.29) is 5.75 Å². The molecule has 4 nitrogen and oxygen atoms in total. The van der Waals surface area contributed by atoms with Gasteiger partial charge in [0, 0.05) is 0 Å². The second-order valence-electron chi connectivity index (χ2n) is 4.18. The van der Waals surface area contributed by atoms with E-state index in [1.54, 1.807) is 18.2 Å². The fourth-order valence-electron chi connectivity index (χ4n) is 1.94. The second-order valence-corrected chi connectivity index (χ2v) is 4.18. The summed E-state index contributed by atoms with van der Waals surface area (Å²) in [4.78, 5) is 4.40. The molecule has 0 saturated heterocycles. The quantitative estimate of drug-likeness (QED) is 0.506. The first-order chi connectivity index (χ1) is 8.66. The minimum atomic E-state index is 0.00158. The molecular formula is C14H12N2O2. The number of benzene rings is 2. The van der Waals surface area contributed by atoms with Gasteiger partial charge < -0.3 is 15.3 Å². The highest BCUT2D eigenvalue weighted by Gasteiger charge is 2.14. The molecule has 1 heterocycles. The van der Waals surface area contributed by atoms with Gasteiger partial charge in [-0.15, -0.1) is 0 Å². The van der Waals surface area contributed by atoms with Crippen molar-refractivity contribution in [2.24, 2.45) is 0 Å². The van der Waals surface area contributed by atoms with Gasteiger partial charge in [0.2, 0.25) is 5.89 Å². The van der Waals surface area contributed by atoms with E-state index in [2.05, 4.69) is 4.98 Å². The van der Waals surface area contributed by atoms with Crippen LogP contribution in [-0.4, -0.2) is 10.1 Å². The van der Waals surface area contributed by atoms with Crippen LogP contribution in [0.1, 0.15) is 5.56 Å². The minimum absolute atomic E-state index is 0.00158. The maximum absolute atomic E-state index is 9.92. The lowest BCUT2D eigenvalue weighted by Gasteiger charge is -2.02. The third-order valence-electron chi connectivity index (χ3n) is 2.92. The van der Waals surface area contributed by atoms with Gasteiger partial charge in [0.15, 0.2) is 11.3 Å². The van der Waals surface area contributed by atoms with Gasteiger partial charge in [0.25, 0.3) is 0 Å². The monoisotopic (exact) mass is 240 g/mol. The zero-order chi connectivity index (χ0) is 12.7. The van der Waals surface area contributed by atoms with Gasteiger partial charge in [0.1, 0.15) is 5.52 Å². The fraction of sp³-hybridized carbons (Fsp3) is 0.0714. The molecule has 2 aromatic carbocycles. The van der Waals surface area contributed by atoms with Crippen molar-refractivity contribution in [3.63, 3.8) is 0 Å². The number of aryl methyl sites for hydroxylation is 1. The highest BCUT2D eigenvalue weighted by Crippen LogP contribution is 2.35. The normalized spacial score (nSPS) is 10.9. The Kier molecular flexibility index (Phi) is 2.23. The van der Waals surface area contributed by atoms with Crippen molar-refractivity contribution in [2.75, 3.05) is 5.73 Å². The van der Waals surface area contributed by atoms with E-state index < -0.39 is 0 Å². The van der Waals surface area contributed by atoms with Crippen LogP contribution in [0.25, 0.3) is 22.6 Å². The van der Waals surface area contributed by atoms with E-state index in [1.807, 2.05) is 25.1 Å². The molecule has 0 saturated carbocycles. The number of nitrogens with zero attached hydrogens (tertiary/aromatic N) is 1. The predicted octanol–water partition coefficient (Wildman–Crippen LogP) is 3.09. The molecule has 0 fully saturated rings. The van der Waals surface area contributed by atoms with Crippen molar-refractivity contribution >= 4 is 16.8 Å².